The topological polar surface area (TPSA) is 83.5 Å². The van der Waals surface area contributed by atoms with Gasteiger partial charge in [-0.3, -0.25) is 4.79 Å². The van der Waals surface area contributed by atoms with Crippen molar-refractivity contribution in [1.29, 1.82) is 0 Å². The van der Waals surface area contributed by atoms with Gasteiger partial charge < -0.3 is 10.4 Å². The van der Waals surface area contributed by atoms with Crippen LogP contribution in [0, 0.1) is 0 Å². The number of anilines is 1. The average Bonchev–Trinajstić information content (AvgIpc) is 2.92. The smallest absolute Gasteiger partial charge is 0.257 e. The van der Waals surface area contributed by atoms with Crippen molar-refractivity contribution >= 4 is 42.9 Å². The lowest BCUT2D eigenvalue weighted by Crippen LogP contribution is -2.12. The molecule has 1 amide bonds. The Morgan fingerprint density at radius 2 is 1.91 bits per heavy atom. The third kappa shape index (κ3) is 3.06. The highest BCUT2D eigenvalue weighted by Crippen LogP contribution is 2.29. The highest BCUT2D eigenvalue weighted by atomic mass is 32.2. The second kappa shape index (κ2) is 5.68. The van der Waals surface area contributed by atoms with Crippen LogP contribution in [0.15, 0.2) is 52.7 Å². The van der Waals surface area contributed by atoms with Crippen molar-refractivity contribution in [3.8, 4) is 5.75 Å². The Bertz CT molecular complexity index is 1010. The van der Waals surface area contributed by atoms with Crippen molar-refractivity contribution in [3.63, 3.8) is 0 Å². The maximum Gasteiger partial charge on any atom is 0.257 e. The van der Waals surface area contributed by atoms with Crippen LogP contribution >= 0.6 is 11.3 Å². The lowest BCUT2D eigenvalue weighted by molar-refractivity contribution is 0.102. The summed E-state index contributed by atoms with van der Waals surface area (Å²) in [5.41, 5.74) is 0.544. The summed E-state index contributed by atoms with van der Waals surface area (Å²) in [6.07, 6.45) is 1.07. The summed E-state index contributed by atoms with van der Waals surface area (Å²) >= 11 is 1.45. The van der Waals surface area contributed by atoms with Crippen LogP contribution in [-0.4, -0.2) is 25.7 Å². The maximum atomic E-state index is 12.4. The highest BCUT2D eigenvalue weighted by Gasteiger charge is 2.16. The standard InChI is InChI=1S/C16H13NO4S2/c1-23(20,21)10-6-7-14(18)13(8-10)17-16(19)12-9-22-15-5-3-2-4-11(12)15/h2-9,18H,1H3,(H,17,19). The predicted octanol–water partition coefficient (Wildman–Crippen LogP) is 3.26. The normalized spacial score (nSPS) is 11.5. The first-order valence-electron chi connectivity index (χ1n) is 6.67. The monoisotopic (exact) mass is 347 g/mol. The molecule has 3 rings (SSSR count). The van der Waals surface area contributed by atoms with Crippen molar-refractivity contribution in [2.75, 3.05) is 11.6 Å². The summed E-state index contributed by atoms with van der Waals surface area (Å²) in [7, 11) is -3.43. The zero-order valence-electron chi connectivity index (χ0n) is 12.1. The first-order valence-corrected chi connectivity index (χ1v) is 9.44. The summed E-state index contributed by atoms with van der Waals surface area (Å²) < 4.78 is 24.2. The van der Waals surface area contributed by atoms with E-state index >= 15 is 0 Å². The van der Waals surface area contributed by atoms with Crippen LogP contribution in [0.1, 0.15) is 10.4 Å². The Hall–Kier alpha value is -2.38. The minimum absolute atomic E-state index is 0.0285. The Kier molecular flexibility index (Phi) is 3.83. The first-order chi connectivity index (χ1) is 10.9. The molecule has 0 saturated carbocycles. The molecule has 0 bridgehead atoms. The second-order valence-corrected chi connectivity index (χ2v) is 7.98. The molecule has 3 aromatic rings. The number of phenols is 1. The van der Waals surface area contributed by atoms with E-state index in [4.69, 9.17) is 0 Å². The van der Waals surface area contributed by atoms with Gasteiger partial charge >= 0.3 is 0 Å². The van der Waals surface area contributed by atoms with Gasteiger partial charge in [0, 0.05) is 21.7 Å². The number of carbonyl (C=O) groups excluding carboxylic acids is 1. The fraction of sp³-hybridized carbons (Fsp3) is 0.0625. The summed E-state index contributed by atoms with van der Waals surface area (Å²) in [6.45, 7) is 0. The number of fused-ring (bicyclic) bond motifs is 1. The van der Waals surface area contributed by atoms with Gasteiger partial charge in [-0.2, -0.15) is 0 Å². The Balaban J connectivity index is 1.97. The minimum Gasteiger partial charge on any atom is -0.506 e. The van der Waals surface area contributed by atoms with E-state index in [1.807, 2.05) is 24.3 Å². The van der Waals surface area contributed by atoms with Crippen LogP contribution in [0.4, 0.5) is 5.69 Å². The molecule has 0 unspecified atom stereocenters. The number of hydrogen-bond acceptors (Lipinski definition) is 5. The van der Waals surface area contributed by atoms with Gasteiger partial charge in [0.25, 0.3) is 5.91 Å². The average molecular weight is 347 g/mol. The van der Waals surface area contributed by atoms with E-state index in [9.17, 15) is 18.3 Å². The molecule has 1 aromatic heterocycles. The second-order valence-electron chi connectivity index (χ2n) is 5.05. The number of sulfone groups is 1. The number of thiophene rings is 1. The molecule has 118 valence electrons. The van der Waals surface area contributed by atoms with E-state index in [0.29, 0.717) is 5.56 Å². The number of benzene rings is 2. The Morgan fingerprint density at radius 1 is 1.17 bits per heavy atom. The first kappa shape index (κ1) is 15.5. The molecule has 1 heterocycles. The molecule has 0 fully saturated rings. The lowest BCUT2D eigenvalue weighted by Gasteiger charge is -2.08. The number of carbonyl (C=O) groups is 1. The number of phenolic OH excluding ortho intramolecular Hbond substituents is 1. The van der Waals surface area contributed by atoms with Gasteiger partial charge in [0.2, 0.25) is 0 Å². The molecule has 0 radical (unpaired) electrons. The summed E-state index contributed by atoms with van der Waals surface area (Å²) in [6, 6.07) is 11.3. The van der Waals surface area contributed by atoms with Crippen LogP contribution in [-0.2, 0) is 9.84 Å². The third-order valence-electron chi connectivity index (χ3n) is 3.37. The highest BCUT2D eigenvalue weighted by molar-refractivity contribution is 7.90. The van der Waals surface area contributed by atoms with E-state index in [-0.39, 0.29) is 16.3 Å². The molecule has 0 aliphatic heterocycles. The number of aromatic hydroxyl groups is 1. The van der Waals surface area contributed by atoms with Crippen LogP contribution in [0.2, 0.25) is 0 Å². The number of nitrogens with one attached hydrogen (secondary N) is 1. The van der Waals surface area contributed by atoms with Gasteiger partial charge in [0.1, 0.15) is 5.75 Å². The maximum absolute atomic E-state index is 12.4. The zero-order chi connectivity index (χ0) is 16.6. The summed E-state index contributed by atoms with van der Waals surface area (Å²) in [5.74, 6) is -0.589. The van der Waals surface area contributed by atoms with Crippen LogP contribution in [0.25, 0.3) is 10.1 Å². The van der Waals surface area contributed by atoms with Crippen molar-refractivity contribution in [2.24, 2.45) is 0 Å². The summed E-state index contributed by atoms with van der Waals surface area (Å²) in [4.78, 5) is 12.5. The molecule has 0 spiro atoms. The van der Waals surface area contributed by atoms with Crippen molar-refractivity contribution in [3.05, 3.63) is 53.4 Å². The molecule has 0 saturated heterocycles. The SMILES string of the molecule is CS(=O)(=O)c1ccc(O)c(NC(=O)c2csc3ccccc23)c1. The van der Waals surface area contributed by atoms with E-state index < -0.39 is 15.7 Å². The third-order valence-corrected chi connectivity index (χ3v) is 5.44. The number of hydrogen-bond donors (Lipinski definition) is 2. The van der Waals surface area contributed by atoms with E-state index in [0.717, 1.165) is 16.3 Å². The van der Waals surface area contributed by atoms with Crippen molar-refractivity contribution in [1.82, 2.24) is 0 Å². The zero-order valence-corrected chi connectivity index (χ0v) is 13.7. The minimum atomic E-state index is -3.43. The van der Waals surface area contributed by atoms with Crippen molar-refractivity contribution < 1.29 is 18.3 Å². The van der Waals surface area contributed by atoms with Crippen LogP contribution < -0.4 is 5.32 Å². The quantitative estimate of drug-likeness (QED) is 0.712. The predicted molar refractivity (Wildman–Crippen MR) is 91.0 cm³/mol. The molecule has 23 heavy (non-hydrogen) atoms. The van der Waals surface area contributed by atoms with Gasteiger partial charge in [-0.1, -0.05) is 18.2 Å². The van der Waals surface area contributed by atoms with Gasteiger partial charge in [-0.15, -0.1) is 11.3 Å². The van der Waals surface area contributed by atoms with Crippen LogP contribution in [0.5, 0.6) is 5.75 Å². The molecule has 0 atom stereocenters. The fourth-order valence-electron chi connectivity index (χ4n) is 2.19. The number of amides is 1. The Morgan fingerprint density at radius 3 is 2.65 bits per heavy atom. The molecule has 7 heteroatoms. The van der Waals surface area contributed by atoms with Crippen molar-refractivity contribution in [2.45, 2.75) is 4.90 Å². The van der Waals surface area contributed by atoms with Gasteiger partial charge in [0.15, 0.2) is 9.84 Å². The number of rotatable bonds is 3. The Labute approximate surface area is 137 Å². The van der Waals surface area contributed by atoms with Gasteiger partial charge in [0.05, 0.1) is 16.1 Å². The molecule has 2 N–H and O–H groups in total. The van der Waals surface area contributed by atoms with Gasteiger partial charge in [-0.05, 0) is 24.3 Å². The largest absolute Gasteiger partial charge is 0.506 e. The molecular formula is C16H13NO4S2. The lowest BCUT2D eigenvalue weighted by atomic mass is 10.1. The molecule has 5 nitrogen and oxygen atoms in total. The molecule has 0 aliphatic rings. The van der Waals surface area contributed by atoms with E-state index in [1.54, 1.807) is 5.38 Å². The fourth-order valence-corrected chi connectivity index (χ4v) is 3.78. The molecule has 2 aromatic carbocycles. The van der Waals surface area contributed by atoms with Crippen LogP contribution in [0.3, 0.4) is 0 Å². The van der Waals surface area contributed by atoms with E-state index in [1.165, 1.54) is 29.5 Å². The molecule has 0 aliphatic carbocycles. The summed E-state index contributed by atoms with van der Waals surface area (Å²) in [5, 5.41) is 15.0. The van der Waals surface area contributed by atoms with Gasteiger partial charge in [-0.25, -0.2) is 8.42 Å². The van der Waals surface area contributed by atoms with E-state index in [2.05, 4.69) is 5.32 Å². The molecular weight excluding hydrogens is 334 g/mol.